The molecule has 0 radical (unpaired) electrons. The average Bonchev–Trinajstić information content (AvgIpc) is 3.41. The van der Waals surface area contributed by atoms with E-state index in [0.29, 0.717) is 24.2 Å². The Bertz CT molecular complexity index is 888. The highest BCUT2D eigenvalue weighted by atomic mass is 16.5. The summed E-state index contributed by atoms with van der Waals surface area (Å²) in [6, 6.07) is 9.90. The molecular weight excluding hydrogens is 314 g/mol. The fourth-order valence-corrected chi connectivity index (χ4v) is 3.28. The van der Waals surface area contributed by atoms with Crippen molar-refractivity contribution < 1.29 is 4.52 Å². The lowest BCUT2D eigenvalue weighted by molar-refractivity contribution is 0.208. The maximum Gasteiger partial charge on any atom is 0.241 e. The summed E-state index contributed by atoms with van der Waals surface area (Å²) < 4.78 is 5.43. The lowest BCUT2D eigenvalue weighted by Gasteiger charge is -2.26. The molecule has 2 aliphatic rings. The van der Waals surface area contributed by atoms with Gasteiger partial charge in [-0.3, -0.25) is 4.90 Å². The summed E-state index contributed by atoms with van der Waals surface area (Å²) in [7, 11) is 0. The molecule has 25 heavy (non-hydrogen) atoms. The molecule has 6 heteroatoms. The van der Waals surface area contributed by atoms with Crippen LogP contribution in [0.4, 0.5) is 0 Å². The summed E-state index contributed by atoms with van der Waals surface area (Å²) in [5.74, 6) is 2.94. The van der Waals surface area contributed by atoms with Gasteiger partial charge in [-0.2, -0.15) is 4.98 Å². The van der Waals surface area contributed by atoms with Gasteiger partial charge in [-0.15, -0.1) is 0 Å². The van der Waals surface area contributed by atoms with E-state index in [9.17, 15) is 0 Å². The predicted molar refractivity (Wildman–Crippen MR) is 91.6 cm³/mol. The topological polar surface area (TPSA) is 67.9 Å². The Balaban J connectivity index is 1.29. The van der Waals surface area contributed by atoms with Crippen LogP contribution in [-0.2, 0) is 19.5 Å². The fraction of sp³-hybridized carbons (Fsp3) is 0.368. The van der Waals surface area contributed by atoms with Crippen molar-refractivity contribution in [3.05, 3.63) is 59.5 Å². The fourth-order valence-electron chi connectivity index (χ4n) is 3.28. The van der Waals surface area contributed by atoms with Crippen LogP contribution in [-0.4, -0.2) is 31.6 Å². The van der Waals surface area contributed by atoms with Crippen LogP contribution in [0.2, 0.25) is 0 Å². The van der Waals surface area contributed by atoms with Gasteiger partial charge in [0.05, 0.1) is 6.54 Å². The first-order valence-electron chi connectivity index (χ1n) is 8.80. The van der Waals surface area contributed by atoms with E-state index in [4.69, 9.17) is 9.51 Å². The van der Waals surface area contributed by atoms with Gasteiger partial charge in [0, 0.05) is 48.4 Å². The molecule has 126 valence electrons. The molecule has 1 aliphatic carbocycles. The molecule has 3 aromatic rings. The van der Waals surface area contributed by atoms with E-state index in [1.165, 1.54) is 24.1 Å². The smallest absolute Gasteiger partial charge is 0.241 e. The third-order valence-electron chi connectivity index (χ3n) is 4.83. The summed E-state index contributed by atoms with van der Waals surface area (Å²) in [6.45, 7) is 2.45. The summed E-state index contributed by atoms with van der Waals surface area (Å²) >= 11 is 0. The highest BCUT2D eigenvalue weighted by molar-refractivity contribution is 5.53. The summed E-state index contributed by atoms with van der Waals surface area (Å²) in [5, 5.41) is 4.10. The van der Waals surface area contributed by atoms with Crippen molar-refractivity contribution in [2.24, 2.45) is 0 Å². The molecule has 0 amide bonds. The molecule has 0 unspecified atom stereocenters. The summed E-state index contributed by atoms with van der Waals surface area (Å²) in [6.07, 6.45) is 5.44. The highest BCUT2D eigenvalue weighted by Gasteiger charge is 2.28. The number of benzene rings is 1. The standard InChI is InChI=1S/C19H19N5O/c1-2-4-13(5-3-1)19-22-17(25-23-19)12-24-9-8-16-15(11-24)10-20-18(21-16)14-6-7-14/h1-5,10,14H,6-9,11-12H2. The lowest BCUT2D eigenvalue weighted by atomic mass is 10.1. The Morgan fingerprint density at radius 3 is 2.84 bits per heavy atom. The normalized spacial score (nSPS) is 17.4. The summed E-state index contributed by atoms with van der Waals surface area (Å²) in [5.41, 5.74) is 3.41. The number of nitrogens with zero attached hydrogens (tertiary/aromatic N) is 5. The molecule has 0 saturated heterocycles. The van der Waals surface area contributed by atoms with E-state index in [2.05, 4.69) is 20.0 Å². The van der Waals surface area contributed by atoms with Crippen LogP contribution in [0.1, 0.15) is 41.7 Å². The van der Waals surface area contributed by atoms with Crippen molar-refractivity contribution in [2.75, 3.05) is 6.54 Å². The second-order valence-corrected chi connectivity index (χ2v) is 6.81. The van der Waals surface area contributed by atoms with Gasteiger partial charge >= 0.3 is 0 Å². The van der Waals surface area contributed by atoms with Crippen molar-refractivity contribution in [3.63, 3.8) is 0 Å². The largest absolute Gasteiger partial charge is 0.338 e. The van der Waals surface area contributed by atoms with E-state index in [-0.39, 0.29) is 0 Å². The Labute approximate surface area is 145 Å². The van der Waals surface area contributed by atoms with Crippen LogP contribution < -0.4 is 0 Å². The summed E-state index contributed by atoms with van der Waals surface area (Å²) in [4.78, 5) is 16.2. The van der Waals surface area contributed by atoms with Crippen LogP contribution in [0.3, 0.4) is 0 Å². The molecule has 0 N–H and O–H groups in total. The molecule has 0 bridgehead atoms. The minimum atomic E-state index is 0.609. The highest BCUT2D eigenvalue weighted by Crippen LogP contribution is 2.38. The molecule has 1 fully saturated rings. The van der Waals surface area contributed by atoms with Gasteiger partial charge in [0.2, 0.25) is 11.7 Å². The zero-order valence-corrected chi connectivity index (χ0v) is 13.9. The molecule has 5 rings (SSSR count). The minimum Gasteiger partial charge on any atom is -0.338 e. The van der Waals surface area contributed by atoms with Crippen molar-refractivity contribution in [1.29, 1.82) is 0 Å². The van der Waals surface area contributed by atoms with Gasteiger partial charge in [-0.25, -0.2) is 9.97 Å². The predicted octanol–water partition coefficient (Wildman–Crippen LogP) is 2.96. The van der Waals surface area contributed by atoms with Gasteiger partial charge in [-0.1, -0.05) is 35.5 Å². The number of hydrogen-bond acceptors (Lipinski definition) is 6. The van der Waals surface area contributed by atoms with E-state index in [1.807, 2.05) is 36.5 Å². The van der Waals surface area contributed by atoms with Crippen LogP contribution in [0.5, 0.6) is 0 Å². The first kappa shape index (κ1) is 14.7. The molecule has 0 atom stereocenters. The van der Waals surface area contributed by atoms with E-state index >= 15 is 0 Å². The molecule has 0 spiro atoms. The monoisotopic (exact) mass is 333 g/mol. The van der Waals surface area contributed by atoms with Gasteiger partial charge in [0.25, 0.3) is 0 Å². The zero-order valence-electron chi connectivity index (χ0n) is 13.9. The Kier molecular flexibility index (Phi) is 3.56. The van der Waals surface area contributed by atoms with Gasteiger partial charge in [0.1, 0.15) is 5.82 Å². The molecule has 1 saturated carbocycles. The Hall–Kier alpha value is -2.60. The molecule has 1 aliphatic heterocycles. The van der Waals surface area contributed by atoms with E-state index in [0.717, 1.165) is 30.9 Å². The van der Waals surface area contributed by atoms with Gasteiger partial charge < -0.3 is 4.52 Å². The number of fused-ring (bicyclic) bond motifs is 1. The SMILES string of the molecule is c1ccc(-c2noc(CN3CCc4nc(C5CC5)ncc4C3)n2)cc1. The van der Waals surface area contributed by atoms with Gasteiger partial charge in [-0.05, 0) is 12.8 Å². The second kappa shape index (κ2) is 6.04. The number of hydrogen-bond donors (Lipinski definition) is 0. The van der Waals surface area contributed by atoms with Crippen LogP contribution in [0, 0.1) is 0 Å². The van der Waals surface area contributed by atoms with Crippen molar-refractivity contribution >= 4 is 0 Å². The third kappa shape index (κ3) is 3.05. The van der Waals surface area contributed by atoms with Crippen LogP contribution in [0.15, 0.2) is 41.1 Å². The van der Waals surface area contributed by atoms with E-state index in [1.54, 1.807) is 0 Å². The maximum atomic E-state index is 5.43. The average molecular weight is 333 g/mol. The maximum absolute atomic E-state index is 5.43. The van der Waals surface area contributed by atoms with E-state index < -0.39 is 0 Å². The molecule has 2 aromatic heterocycles. The number of aromatic nitrogens is 4. The molecule has 6 nitrogen and oxygen atoms in total. The number of rotatable bonds is 4. The van der Waals surface area contributed by atoms with Crippen LogP contribution >= 0.6 is 0 Å². The van der Waals surface area contributed by atoms with Crippen molar-refractivity contribution in [2.45, 2.75) is 38.3 Å². The Morgan fingerprint density at radius 2 is 2.00 bits per heavy atom. The van der Waals surface area contributed by atoms with Crippen LogP contribution in [0.25, 0.3) is 11.4 Å². The van der Waals surface area contributed by atoms with Crippen molar-refractivity contribution in [3.8, 4) is 11.4 Å². The third-order valence-corrected chi connectivity index (χ3v) is 4.83. The quantitative estimate of drug-likeness (QED) is 0.731. The van der Waals surface area contributed by atoms with Gasteiger partial charge in [0.15, 0.2) is 0 Å². The second-order valence-electron chi connectivity index (χ2n) is 6.81. The lowest BCUT2D eigenvalue weighted by Crippen LogP contribution is -2.31. The zero-order chi connectivity index (χ0) is 16.6. The molecular formula is C19H19N5O. The molecule has 1 aromatic carbocycles. The van der Waals surface area contributed by atoms with Crippen molar-refractivity contribution in [1.82, 2.24) is 25.0 Å². The molecule has 3 heterocycles. The first-order chi connectivity index (χ1) is 12.3. The Morgan fingerprint density at radius 1 is 1.12 bits per heavy atom. The first-order valence-corrected chi connectivity index (χ1v) is 8.80. The minimum absolute atomic E-state index is 0.609.